The Hall–Kier alpha value is -1.35. The topological polar surface area (TPSA) is 46.3 Å². The minimum absolute atomic E-state index is 0.0339. The predicted molar refractivity (Wildman–Crippen MR) is 66.2 cm³/mol. The molecule has 0 spiro atoms. The van der Waals surface area contributed by atoms with Crippen LogP contribution in [0.1, 0.15) is 29.7 Å². The number of nitrogens with zero attached hydrogens (tertiary/aromatic N) is 1. The van der Waals surface area contributed by atoms with Gasteiger partial charge in [0.25, 0.3) is 0 Å². The van der Waals surface area contributed by atoms with E-state index in [1.165, 1.54) is 16.7 Å². The summed E-state index contributed by atoms with van der Waals surface area (Å²) in [6.07, 6.45) is 0. The molecular formula is C13H20N2O. The quantitative estimate of drug-likeness (QED) is 0.844. The van der Waals surface area contributed by atoms with Crippen LogP contribution in [0.5, 0.6) is 0 Å². The summed E-state index contributed by atoms with van der Waals surface area (Å²) in [4.78, 5) is 13.2. The summed E-state index contributed by atoms with van der Waals surface area (Å²) < 4.78 is 0. The molecule has 1 amide bonds. The van der Waals surface area contributed by atoms with E-state index < -0.39 is 0 Å². The fourth-order valence-corrected chi connectivity index (χ4v) is 1.78. The Balaban J connectivity index is 2.99. The Labute approximate surface area is 97.2 Å². The van der Waals surface area contributed by atoms with Crippen molar-refractivity contribution in [3.8, 4) is 0 Å². The van der Waals surface area contributed by atoms with Crippen LogP contribution < -0.4 is 5.73 Å². The standard InChI is InChI=1S/C13H20N2O/c1-9-5-6-10(2)12(7-9)11(3)15(4)13(16)8-14/h5-7,11H,8,14H2,1-4H3. The number of nitrogens with two attached hydrogens (primary N) is 1. The van der Waals surface area contributed by atoms with Crippen LogP contribution in [0.2, 0.25) is 0 Å². The number of carbonyl (C=O) groups excluding carboxylic acids is 1. The second-order valence-corrected chi connectivity index (χ2v) is 4.24. The molecule has 16 heavy (non-hydrogen) atoms. The van der Waals surface area contributed by atoms with E-state index in [-0.39, 0.29) is 18.5 Å². The number of carbonyl (C=O) groups is 1. The fourth-order valence-electron chi connectivity index (χ4n) is 1.78. The van der Waals surface area contributed by atoms with E-state index in [1.54, 1.807) is 11.9 Å². The average molecular weight is 220 g/mol. The van der Waals surface area contributed by atoms with Crippen molar-refractivity contribution in [1.29, 1.82) is 0 Å². The number of benzene rings is 1. The third-order valence-corrected chi connectivity index (χ3v) is 3.03. The second kappa shape index (κ2) is 5.12. The first kappa shape index (κ1) is 12.7. The molecule has 0 fully saturated rings. The molecule has 1 aromatic rings. The summed E-state index contributed by atoms with van der Waals surface area (Å²) in [5.74, 6) is -0.0339. The highest BCUT2D eigenvalue weighted by atomic mass is 16.2. The van der Waals surface area contributed by atoms with Gasteiger partial charge in [-0.15, -0.1) is 0 Å². The monoisotopic (exact) mass is 220 g/mol. The molecule has 0 aromatic heterocycles. The van der Waals surface area contributed by atoms with E-state index in [4.69, 9.17) is 5.73 Å². The van der Waals surface area contributed by atoms with Crippen LogP contribution in [-0.2, 0) is 4.79 Å². The first-order valence-corrected chi connectivity index (χ1v) is 5.50. The lowest BCUT2D eigenvalue weighted by Gasteiger charge is -2.26. The van der Waals surface area contributed by atoms with Gasteiger partial charge in [-0.05, 0) is 31.9 Å². The summed E-state index contributed by atoms with van der Waals surface area (Å²) in [6, 6.07) is 6.36. The number of hydrogen-bond donors (Lipinski definition) is 1. The Bertz CT molecular complexity index is 388. The molecule has 0 saturated carbocycles. The molecule has 1 aromatic carbocycles. The van der Waals surface area contributed by atoms with E-state index in [0.29, 0.717) is 0 Å². The number of likely N-dealkylation sites (N-methyl/N-ethyl adjacent to an activating group) is 1. The van der Waals surface area contributed by atoms with Crippen molar-refractivity contribution >= 4 is 5.91 Å². The van der Waals surface area contributed by atoms with E-state index in [0.717, 1.165) is 0 Å². The maximum atomic E-state index is 11.5. The Morgan fingerprint density at radius 1 is 1.44 bits per heavy atom. The lowest BCUT2D eigenvalue weighted by molar-refractivity contribution is -0.130. The zero-order chi connectivity index (χ0) is 12.3. The highest BCUT2D eigenvalue weighted by molar-refractivity contribution is 5.78. The molecule has 2 N–H and O–H groups in total. The highest BCUT2D eigenvalue weighted by Gasteiger charge is 2.17. The Morgan fingerprint density at radius 2 is 2.06 bits per heavy atom. The van der Waals surface area contributed by atoms with Crippen LogP contribution in [0.15, 0.2) is 18.2 Å². The molecule has 0 saturated heterocycles. The zero-order valence-corrected chi connectivity index (χ0v) is 10.4. The predicted octanol–water partition coefficient (Wildman–Crippen LogP) is 1.78. The third kappa shape index (κ3) is 2.61. The summed E-state index contributed by atoms with van der Waals surface area (Å²) in [6.45, 7) is 6.20. The molecule has 0 bridgehead atoms. The maximum absolute atomic E-state index is 11.5. The summed E-state index contributed by atoms with van der Waals surface area (Å²) in [5, 5.41) is 0. The van der Waals surface area contributed by atoms with Crippen LogP contribution in [0.4, 0.5) is 0 Å². The number of aryl methyl sites for hydroxylation is 2. The second-order valence-electron chi connectivity index (χ2n) is 4.24. The van der Waals surface area contributed by atoms with Gasteiger partial charge < -0.3 is 10.6 Å². The Kier molecular flexibility index (Phi) is 4.07. The molecule has 0 radical (unpaired) electrons. The van der Waals surface area contributed by atoms with Gasteiger partial charge in [-0.2, -0.15) is 0 Å². The fraction of sp³-hybridized carbons (Fsp3) is 0.462. The van der Waals surface area contributed by atoms with E-state index in [2.05, 4.69) is 32.0 Å². The van der Waals surface area contributed by atoms with E-state index in [9.17, 15) is 4.79 Å². The molecular weight excluding hydrogens is 200 g/mol. The summed E-state index contributed by atoms with van der Waals surface area (Å²) >= 11 is 0. The van der Waals surface area contributed by atoms with Crippen LogP contribution in [-0.4, -0.2) is 24.4 Å². The van der Waals surface area contributed by atoms with E-state index >= 15 is 0 Å². The molecule has 1 rings (SSSR count). The molecule has 1 atom stereocenters. The largest absolute Gasteiger partial charge is 0.338 e. The van der Waals surface area contributed by atoms with Crippen molar-refractivity contribution < 1.29 is 4.79 Å². The van der Waals surface area contributed by atoms with Gasteiger partial charge in [0.2, 0.25) is 5.91 Å². The number of rotatable bonds is 3. The van der Waals surface area contributed by atoms with Crippen LogP contribution in [0.25, 0.3) is 0 Å². The van der Waals surface area contributed by atoms with Gasteiger partial charge in [0.1, 0.15) is 0 Å². The van der Waals surface area contributed by atoms with Crippen LogP contribution >= 0.6 is 0 Å². The normalized spacial score (nSPS) is 12.3. The van der Waals surface area contributed by atoms with Gasteiger partial charge in [0.15, 0.2) is 0 Å². The molecule has 1 unspecified atom stereocenters. The van der Waals surface area contributed by atoms with Crippen molar-refractivity contribution in [3.05, 3.63) is 34.9 Å². The first-order valence-electron chi connectivity index (χ1n) is 5.50. The molecule has 88 valence electrons. The highest BCUT2D eigenvalue weighted by Crippen LogP contribution is 2.23. The van der Waals surface area contributed by atoms with Crippen LogP contribution in [0, 0.1) is 13.8 Å². The van der Waals surface area contributed by atoms with Gasteiger partial charge in [-0.25, -0.2) is 0 Å². The van der Waals surface area contributed by atoms with Gasteiger partial charge in [0, 0.05) is 7.05 Å². The van der Waals surface area contributed by atoms with Gasteiger partial charge >= 0.3 is 0 Å². The zero-order valence-electron chi connectivity index (χ0n) is 10.4. The molecule has 3 nitrogen and oxygen atoms in total. The van der Waals surface area contributed by atoms with Crippen molar-refractivity contribution in [3.63, 3.8) is 0 Å². The average Bonchev–Trinajstić information content (AvgIpc) is 2.29. The van der Waals surface area contributed by atoms with Crippen LogP contribution in [0.3, 0.4) is 0 Å². The van der Waals surface area contributed by atoms with E-state index in [1.807, 2.05) is 6.92 Å². The molecule has 0 heterocycles. The number of hydrogen-bond acceptors (Lipinski definition) is 2. The van der Waals surface area contributed by atoms with Crippen molar-refractivity contribution in [1.82, 2.24) is 4.90 Å². The minimum atomic E-state index is -0.0339. The molecule has 0 aliphatic heterocycles. The van der Waals surface area contributed by atoms with Crippen molar-refractivity contribution in [2.24, 2.45) is 5.73 Å². The Morgan fingerprint density at radius 3 is 2.62 bits per heavy atom. The molecule has 3 heteroatoms. The minimum Gasteiger partial charge on any atom is -0.338 e. The molecule has 0 aliphatic carbocycles. The van der Waals surface area contributed by atoms with Gasteiger partial charge in [-0.3, -0.25) is 4.79 Å². The lowest BCUT2D eigenvalue weighted by atomic mass is 9.99. The smallest absolute Gasteiger partial charge is 0.236 e. The van der Waals surface area contributed by atoms with Crippen molar-refractivity contribution in [2.45, 2.75) is 26.8 Å². The lowest BCUT2D eigenvalue weighted by Crippen LogP contribution is -2.34. The number of amides is 1. The molecule has 0 aliphatic rings. The van der Waals surface area contributed by atoms with Crippen molar-refractivity contribution in [2.75, 3.05) is 13.6 Å². The first-order chi connectivity index (χ1) is 7.47. The maximum Gasteiger partial charge on any atom is 0.236 e. The summed E-state index contributed by atoms with van der Waals surface area (Å²) in [7, 11) is 1.79. The van der Waals surface area contributed by atoms with Gasteiger partial charge in [0.05, 0.1) is 12.6 Å². The SMILES string of the molecule is Cc1ccc(C)c(C(C)N(C)C(=O)CN)c1. The van der Waals surface area contributed by atoms with Gasteiger partial charge in [-0.1, -0.05) is 23.8 Å². The summed E-state index contributed by atoms with van der Waals surface area (Å²) in [5.41, 5.74) is 8.96. The third-order valence-electron chi connectivity index (χ3n) is 3.03.